The number of pyridine rings is 1. The van der Waals surface area contributed by atoms with E-state index in [-0.39, 0.29) is 35.4 Å². The zero-order chi connectivity index (χ0) is 29.3. The summed E-state index contributed by atoms with van der Waals surface area (Å²) in [7, 11) is 0. The van der Waals surface area contributed by atoms with Crippen molar-refractivity contribution >= 4 is 17.6 Å². The van der Waals surface area contributed by atoms with E-state index in [1.807, 2.05) is 20.8 Å². The third-order valence-corrected chi connectivity index (χ3v) is 10.00. The Kier molecular flexibility index (Phi) is 7.24. The van der Waals surface area contributed by atoms with E-state index in [2.05, 4.69) is 52.6 Å². The van der Waals surface area contributed by atoms with Gasteiger partial charge in [0.1, 0.15) is 17.1 Å². The van der Waals surface area contributed by atoms with E-state index in [0.29, 0.717) is 37.1 Å². The van der Waals surface area contributed by atoms with Gasteiger partial charge < -0.3 is 24.2 Å². The van der Waals surface area contributed by atoms with Crippen molar-refractivity contribution < 1.29 is 23.0 Å². The number of nitrogens with zero attached hydrogens (tertiary/aromatic N) is 5. The van der Waals surface area contributed by atoms with Crippen LogP contribution in [0.5, 0.6) is 0 Å². The number of amides is 1. The standard InChI is InChI=1S/C31H45F2N5O3/c1-19-15-22-24(35-10-12-36(13-11-35)29(39)41-30(4,5)6)18-38(22)23-16-25(34-27(26(19)23)28(32)33)37-9-8-31(17-21(37)3)20(2)7-14-40-31/h7,16,19,21-22,24,28H,8-15,17-18H2,1-6H3/t19-,21+,22-,24+,31?/m0/s1. The molecule has 3 fully saturated rings. The number of alkyl halides is 2. The van der Waals surface area contributed by atoms with Gasteiger partial charge in [-0.1, -0.05) is 13.0 Å². The zero-order valence-electron chi connectivity index (χ0n) is 25.3. The van der Waals surface area contributed by atoms with E-state index in [1.54, 1.807) is 4.90 Å². The first-order valence-corrected chi connectivity index (χ1v) is 15.3. The van der Waals surface area contributed by atoms with Gasteiger partial charge in [0.15, 0.2) is 0 Å². The van der Waals surface area contributed by atoms with Crippen molar-refractivity contribution in [2.45, 2.75) is 102 Å². The van der Waals surface area contributed by atoms with Crippen LogP contribution in [0.1, 0.15) is 84.4 Å². The molecule has 0 saturated carbocycles. The highest BCUT2D eigenvalue weighted by atomic mass is 19.3. The molecule has 10 heteroatoms. The molecule has 5 aliphatic heterocycles. The molecule has 0 aromatic carbocycles. The van der Waals surface area contributed by atoms with Gasteiger partial charge >= 0.3 is 6.09 Å². The first-order valence-electron chi connectivity index (χ1n) is 15.3. The number of carbonyl (C=O) groups excluding carboxylic acids is 1. The molecule has 1 amide bonds. The molecule has 226 valence electrons. The van der Waals surface area contributed by atoms with Crippen molar-refractivity contribution in [3.8, 4) is 0 Å². The molecule has 6 heterocycles. The number of piperazine rings is 1. The van der Waals surface area contributed by atoms with Crippen molar-refractivity contribution in [1.82, 2.24) is 14.8 Å². The smallest absolute Gasteiger partial charge is 0.410 e. The minimum absolute atomic E-state index is 0.00405. The van der Waals surface area contributed by atoms with Crippen LogP contribution in [0.25, 0.3) is 0 Å². The first-order chi connectivity index (χ1) is 19.4. The van der Waals surface area contributed by atoms with Gasteiger partial charge in [-0.3, -0.25) is 4.90 Å². The fraction of sp³-hybridized carbons (Fsp3) is 0.742. The minimum Gasteiger partial charge on any atom is -0.444 e. The third kappa shape index (κ3) is 5.09. The molecule has 3 saturated heterocycles. The van der Waals surface area contributed by atoms with Crippen LogP contribution in [0.3, 0.4) is 0 Å². The number of fused-ring (bicyclic) bond motifs is 3. The van der Waals surface area contributed by atoms with E-state index >= 15 is 0 Å². The number of rotatable bonds is 3. The topological polar surface area (TPSA) is 61.4 Å². The van der Waals surface area contributed by atoms with Crippen LogP contribution in [-0.2, 0) is 9.47 Å². The Bertz CT molecular complexity index is 1210. The lowest BCUT2D eigenvalue weighted by Crippen LogP contribution is -2.70. The van der Waals surface area contributed by atoms with Crippen LogP contribution < -0.4 is 9.80 Å². The minimum atomic E-state index is -2.62. The predicted molar refractivity (Wildman–Crippen MR) is 155 cm³/mol. The van der Waals surface area contributed by atoms with Gasteiger partial charge in [-0.2, -0.15) is 0 Å². The average molecular weight is 574 g/mol. The molecule has 8 nitrogen and oxygen atoms in total. The molecule has 0 N–H and O–H groups in total. The summed E-state index contributed by atoms with van der Waals surface area (Å²) in [5.41, 5.74) is 2.13. The fourth-order valence-electron chi connectivity index (χ4n) is 7.76. The SMILES string of the molecule is CC1=CCOC12CCN(c1cc3c(c(C(F)F)n1)[C@@H](C)C[C@H]1[C@H](N4CCN(C(=O)OC(C)(C)C)CC4)CN31)[C@H](C)C2. The lowest BCUT2D eigenvalue weighted by Gasteiger charge is -2.58. The monoisotopic (exact) mass is 573 g/mol. The highest BCUT2D eigenvalue weighted by Gasteiger charge is 2.49. The fourth-order valence-corrected chi connectivity index (χ4v) is 7.76. The molecule has 1 spiro atoms. The molecule has 5 aliphatic rings. The van der Waals surface area contributed by atoms with Crippen molar-refractivity contribution in [2.75, 3.05) is 55.7 Å². The summed E-state index contributed by atoms with van der Waals surface area (Å²) in [6, 6.07) is 2.82. The number of aromatic nitrogens is 1. The Morgan fingerprint density at radius 3 is 2.46 bits per heavy atom. The zero-order valence-corrected chi connectivity index (χ0v) is 25.3. The summed E-state index contributed by atoms with van der Waals surface area (Å²) in [6.45, 7) is 17.1. The number of halogens is 2. The maximum Gasteiger partial charge on any atom is 0.410 e. The molecule has 0 radical (unpaired) electrons. The van der Waals surface area contributed by atoms with Crippen LogP contribution in [0.2, 0.25) is 0 Å². The second-order valence-corrected chi connectivity index (χ2v) is 13.7. The van der Waals surface area contributed by atoms with E-state index < -0.39 is 12.0 Å². The Labute approximate surface area is 242 Å². The molecule has 1 unspecified atom stereocenters. The van der Waals surface area contributed by atoms with Gasteiger partial charge in [0.2, 0.25) is 0 Å². The molecule has 1 aromatic heterocycles. The number of hydrogen-bond acceptors (Lipinski definition) is 7. The molecular formula is C31H45F2N5O3. The van der Waals surface area contributed by atoms with E-state index in [0.717, 1.165) is 51.1 Å². The van der Waals surface area contributed by atoms with E-state index in [1.165, 1.54) is 5.57 Å². The largest absolute Gasteiger partial charge is 0.444 e. The molecular weight excluding hydrogens is 528 g/mol. The average Bonchev–Trinajstić information content (AvgIpc) is 3.23. The first kappa shape index (κ1) is 28.6. The summed E-state index contributed by atoms with van der Waals surface area (Å²) in [5, 5.41) is 0. The number of piperidine rings is 1. The summed E-state index contributed by atoms with van der Waals surface area (Å²) < 4.78 is 40.7. The molecule has 1 aromatic rings. The quantitative estimate of drug-likeness (QED) is 0.453. The Morgan fingerprint density at radius 2 is 1.85 bits per heavy atom. The van der Waals surface area contributed by atoms with Crippen molar-refractivity contribution in [3.05, 3.63) is 29.0 Å². The second kappa shape index (κ2) is 10.4. The van der Waals surface area contributed by atoms with Crippen molar-refractivity contribution in [2.24, 2.45) is 0 Å². The Hall–Kier alpha value is -2.46. The molecule has 0 bridgehead atoms. The van der Waals surface area contributed by atoms with Crippen molar-refractivity contribution in [1.29, 1.82) is 0 Å². The Balaban J connectivity index is 1.19. The predicted octanol–water partition coefficient (Wildman–Crippen LogP) is 5.34. The van der Waals surface area contributed by atoms with Crippen LogP contribution in [0.4, 0.5) is 25.1 Å². The normalized spacial score (nSPS) is 32.1. The van der Waals surface area contributed by atoms with E-state index in [4.69, 9.17) is 9.47 Å². The van der Waals surface area contributed by atoms with Crippen LogP contribution in [-0.4, -0.2) is 96.1 Å². The van der Waals surface area contributed by atoms with Crippen LogP contribution in [0.15, 0.2) is 17.7 Å². The van der Waals surface area contributed by atoms with Crippen molar-refractivity contribution in [3.63, 3.8) is 0 Å². The van der Waals surface area contributed by atoms with Gasteiger partial charge in [0, 0.05) is 81.1 Å². The van der Waals surface area contributed by atoms with Crippen LogP contribution >= 0.6 is 0 Å². The summed E-state index contributed by atoms with van der Waals surface area (Å²) in [4.78, 5) is 26.0. The number of hydrogen-bond donors (Lipinski definition) is 0. The lowest BCUT2D eigenvalue weighted by molar-refractivity contribution is -0.00867. The molecule has 5 atom stereocenters. The van der Waals surface area contributed by atoms with Gasteiger partial charge in [-0.25, -0.2) is 18.6 Å². The summed E-state index contributed by atoms with van der Waals surface area (Å²) in [6.07, 6.45) is 1.79. The van der Waals surface area contributed by atoms with Crippen LogP contribution in [0, 0.1) is 0 Å². The van der Waals surface area contributed by atoms with Gasteiger partial charge in [-0.15, -0.1) is 0 Å². The maximum atomic E-state index is 14.5. The van der Waals surface area contributed by atoms with Gasteiger partial charge in [-0.05, 0) is 59.0 Å². The maximum absolute atomic E-state index is 14.5. The van der Waals surface area contributed by atoms with Gasteiger partial charge in [0.25, 0.3) is 6.43 Å². The summed E-state index contributed by atoms with van der Waals surface area (Å²) in [5.74, 6) is 0.660. The number of anilines is 2. The molecule has 6 rings (SSSR count). The highest BCUT2D eigenvalue weighted by Crippen LogP contribution is 2.49. The summed E-state index contributed by atoms with van der Waals surface area (Å²) >= 11 is 0. The van der Waals surface area contributed by atoms with E-state index in [9.17, 15) is 13.6 Å². The highest BCUT2D eigenvalue weighted by molar-refractivity contribution is 5.69. The second-order valence-electron chi connectivity index (χ2n) is 13.7. The lowest BCUT2D eigenvalue weighted by atomic mass is 9.77. The number of carbonyl (C=O) groups is 1. The third-order valence-electron chi connectivity index (χ3n) is 10.00. The van der Waals surface area contributed by atoms with Gasteiger partial charge in [0.05, 0.1) is 12.2 Å². The molecule has 0 aliphatic carbocycles. The molecule has 41 heavy (non-hydrogen) atoms. The Morgan fingerprint density at radius 1 is 1.12 bits per heavy atom. The number of ether oxygens (including phenoxy) is 2.